The molecule has 0 saturated heterocycles. The number of furan rings is 1. The van der Waals surface area contributed by atoms with Gasteiger partial charge in [-0.2, -0.15) is 0 Å². The average molecular weight is 273 g/mol. The molecule has 0 aliphatic rings. The van der Waals surface area contributed by atoms with Gasteiger partial charge in [-0.3, -0.25) is 10.2 Å². The Labute approximate surface area is 113 Å². The zero-order valence-corrected chi connectivity index (χ0v) is 10.5. The van der Waals surface area contributed by atoms with Gasteiger partial charge in [-0.25, -0.2) is 10.2 Å². The van der Waals surface area contributed by atoms with Gasteiger partial charge in [0.2, 0.25) is 0 Å². The van der Waals surface area contributed by atoms with Crippen LogP contribution in [-0.4, -0.2) is 10.5 Å². The molecule has 20 heavy (non-hydrogen) atoms. The Morgan fingerprint density at radius 3 is 2.95 bits per heavy atom. The highest BCUT2D eigenvalue weighted by atomic mass is 19.1. The van der Waals surface area contributed by atoms with E-state index in [1.165, 1.54) is 12.1 Å². The number of carbonyl (C=O) groups is 1. The molecule has 0 aliphatic heterocycles. The first-order valence-corrected chi connectivity index (χ1v) is 6.01. The molecule has 0 bridgehead atoms. The maximum Gasteiger partial charge on any atom is 0.300 e. The molecular weight excluding hydrogens is 261 g/mol. The minimum atomic E-state index is -0.476. The van der Waals surface area contributed by atoms with E-state index >= 15 is 0 Å². The number of nitrogens with two attached hydrogens (primary N) is 1. The van der Waals surface area contributed by atoms with Crippen LogP contribution in [-0.2, 0) is 6.54 Å². The number of amides is 1. The Bertz CT molecular complexity index is 776. The largest absolute Gasteiger partial charge is 0.454 e. The van der Waals surface area contributed by atoms with Gasteiger partial charge in [0.25, 0.3) is 0 Å². The second-order valence-corrected chi connectivity index (χ2v) is 4.39. The molecule has 2 aromatic heterocycles. The molecule has 0 radical (unpaired) electrons. The minimum Gasteiger partial charge on any atom is -0.454 e. The summed E-state index contributed by atoms with van der Waals surface area (Å²) in [5.74, 6) is 5.07. The normalized spacial score (nSPS) is 10.9. The highest BCUT2D eigenvalue weighted by Gasteiger charge is 2.10. The van der Waals surface area contributed by atoms with Crippen LogP contribution in [0.3, 0.4) is 0 Å². The molecule has 1 amide bonds. The van der Waals surface area contributed by atoms with Gasteiger partial charge in [-0.15, -0.1) is 0 Å². The predicted molar refractivity (Wildman–Crippen MR) is 71.4 cm³/mol. The van der Waals surface area contributed by atoms with Gasteiger partial charge < -0.3 is 8.98 Å². The van der Waals surface area contributed by atoms with Crippen molar-refractivity contribution in [1.29, 1.82) is 0 Å². The first-order chi connectivity index (χ1) is 9.67. The van der Waals surface area contributed by atoms with Crippen molar-refractivity contribution in [1.82, 2.24) is 9.99 Å². The van der Waals surface area contributed by atoms with E-state index in [0.717, 1.165) is 10.9 Å². The molecule has 0 spiro atoms. The van der Waals surface area contributed by atoms with Gasteiger partial charge in [0.1, 0.15) is 11.6 Å². The minimum absolute atomic E-state index is 0.157. The summed E-state index contributed by atoms with van der Waals surface area (Å²) in [5, 5.41) is 0.816. The number of hydrazine groups is 1. The van der Waals surface area contributed by atoms with E-state index in [1.807, 2.05) is 22.3 Å². The number of carbonyl (C=O) groups excluding carboxylic acids is 1. The third kappa shape index (κ3) is 2.17. The van der Waals surface area contributed by atoms with Crippen LogP contribution in [0.5, 0.6) is 0 Å². The van der Waals surface area contributed by atoms with Crippen molar-refractivity contribution in [3.8, 4) is 0 Å². The van der Waals surface area contributed by atoms with E-state index in [1.54, 1.807) is 18.2 Å². The van der Waals surface area contributed by atoms with Gasteiger partial charge in [-0.1, -0.05) is 0 Å². The van der Waals surface area contributed by atoms with E-state index < -0.39 is 5.91 Å². The van der Waals surface area contributed by atoms with Crippen LogP contribution in [0, 0.1) is 5.82 Å². The van der Waals surface area contributed by atoms with Crippen LogP contribution in [0.4, 0.5) is 4.39 Å². The Morgan fingerprint density at radius 1 is 1.30 bits per heavy atom. The van der Waals surface area contributed by atoms with Crippen molar-refractivity contribution in [2.75, 3.05) is 0 Å². The van der Waals surface area contributed by atoms with Crippen molar-refractivity contribution in [3.05, 3.63) is 59.9 Å². The molecule has 3 rings (SSSR count). The Hall–Kier alpha value is -2.60. The fourth-order valence-electron chi connectivity index (χ4n) is 2.13. The van der Waals surface area contributed by atoms with Crippen molar-refractivity contribution < 1.29 is 13.6 Å². The highest BCUT2D eigenvalue weighted by molar-refractivity contribution is 5.90. The molecule has 102 valence electrons. The number of nitrogens with zero attached hydrogens (tertiary/aromatic N) is 1. The van der Waals surface area contributed by atoms with Crippen LogP contribution >= 0.6 is 0 Å². The van der Waals surface area contributed by atoms with Gasteiger partial charge in [0.05, 0.1) is 6.54 Å². The van der Waals surface area contributed by atoms with Gasteiger partial charge >= 0.3 is 5.91 Å². The summed E-state index contributed by atoms with van der Waals surface area (Å²) in [5.41, 5.74) is 2.90. The van der Waals surface area contributed by atoms with Crippen LogP contribution in [0.2, 0.25) is 0 Å². The molecule has 0 aliphatic carbocycles. The predicted octanol–water partition coefficient (Wildman–Crippen LogP) is 2.03. The Morgan fingerprint density at radius 2 is 2.15 bits per heavy atom. The zero-order chi connectivity index (χ0) is 14.1. The number of halogens is 1. The molecule has 5 nitrogen and oxygen atoms in total. The first kappa shape index (κ1) is 12.4. The summed E-state index contributed by atoms with van der Waals surface area (Å²) < 4.78 is 20.4. The summed E-state index contributed by atoms with van der Waals surface area (Å²) in [7, 11) is 0. The summed E-state index contributed by atoms with van der Waals surface area (Å²) in [6, 6.07) is 9.69. The summed E-state index contributed by atoms with van der Waals surface area (Å²) in [4.78, 5) is 11.3. The molecule has 3 aromatic rings. The fraction of sp³-hybridized carbons (Fsp3) is 0.0714. The van der Waals surface area contributed by atoms with Gasteiger partial charge in [-0.05, 0) is 36.4 Å². The topological polar surface area (TPSA) is 73.2 Å². The lowest BCUT2D eigenvalue weighted by atomic mass is 10.2. The summed E-state index contributed by atoms with van der Waals surface area (Å²) in [6.45, 7) is 0.451. The number of hydrogen-bond donors (Lipinski definition) is 2. The maximum atomic E-state index is 13.1. The Balaban J connectivity index is 1.89. The lowest BCUT2D eigenvalue weighted by molar-refractivity contribution is 0.0924. The number of nitrogen functional groups attached to an aromatic ring is 1. The lowest BCUT2D eigenvalue weighted by Crippen LogP contribution is -2.29. The van der Waals surface area contributed by atoms with Crippen LogP contribution < -0.4 is 11.3 Å². The second kappa shape index (κ2) is 4.82. The molecule has 2 heterocycles. The Kier molecular flexibility index (Phi) is 3.00. The lowest BCUT2D eigenvalue weighted by Gasteiger charge is -2.03. The first-order valence-electron chi connectivity index (χ1n) is 6.01. The van der Waals surface area contributed by atoms with E-state index in [-0.39, 0.29) is 11.6 Å². The standard InChI is InChI=1S/C14H12FN3O2/c15-10-1-3-12-9(7-10)5-6-18(12)8-11-2-4-13(20-11)14(19)17-16/h1-7H,8,16H2,(H,17,19). The molecular formula is C14H12FN3O2. The van der Waals surface area contributed by atoms with E-state index in [2.05, 4.69) is 0 Å². The molecule has 0 unspecified atom stereocenters. The van der Waals surface area contributed by atoms with Gasteiger partial charge in [0.15, 0.2) is 5.76 Å². The smallest absolute Gasteiger partial charge is 0.300 e. The van der Waals surface area contributed by atoms with Crippen molar-refractivity contribution >= 4 is 16.8 Å². The highest BCUT2D eigenvalue weighted by Crippen LogP contribution is 2.19. The molecule has 6 heteroatoms. The van der Waals surface area contributed by atoms with E-state index in [0.29, 0.717) is 12.3 Å². The van der Waals surface area contributed by atoms with E-state index in [9.17, 15) is 9.18 Å². The molecule has 1 aromatic carbocycles. The second-order valence-electron chi connectivity index (χ2n) is 4.39. The summed E-state index contributed by atoms with van der Waals surface area (Å²) in [6.07, 6.45) is 1.84. The monoisotopic (exact) mass is 273 g/mol. The molecule has 0 fully saturated rings. The van der Waals surface area contributed by atoms with Crippen LogP contribution in [0.25, 0.3) is 10.9 Å². The zero-order valence-electron chi connectivity index (χ0n) is 10.5. The molecule has 0 atom stereocenters. The SMILES string of the molecule is NNC(=O)c1ccc(Cn2ccc3cc(F)ccc32)o1. The van der Waals surface area contributed by atoms with Crippen LogP contribution in [0.15, 0.2) is 47.0 Å². The molecule has 0 saturated carbocycles. The van der Waals surface area contributed by atoms with Crippen molar-refractivity contribution in [2.24, 2.45) is 5.84 Å². The number of nitrogens with one attached hydrogen (secondary N) is 1. The third-order valence-corrected chi connectivity index (χ3v) is 3.08. The quantitative estimate of drug-likeness (QED) is 0.435. The maximum absolute atomic E-state index is 13.1. The number of aromatic nitrogens is 1. The van der Waals surface area contributed by atoms with Crippen molar-refractivity contribution in [3.63, 3.8) is 0 Å². The van der Waals surface area contributed by atoms with Crippen molar-refractivity contribution in [2.45, 2.75) is 6.54 Å². The van der Waals surface area contributed by atoms with E-state index in [4.69, 9.17) is 10.3 Å². The summed E-state index contributed by atoms with van der Waals surface area (Å²) >= 11 is 0. The number of benzene rings is 1. The fourth-order valence-corrected chi connectivity index (χ4v) is 2.13. The van der Waals surface area contributed by atoms with Gasteiger partial charge in [0, 0.05) is 17.1 Å². The average Bonchev–Trinajstić information content (AvgIpc) is 3.06. The number of fused-ring (bicyclic) bond motifs is 1. The third-order valence-electron chi connectivity index (χ3n) is 3.08. The van der Waals surface area contributed by atoms with Crippen LogP contribution in [0.1, 0.15) is 16.3 Å². The number of rotatable bonds is 3. The number of hydrogen-bond acceptors (Lipinski definition) is 3. The molecule has 3 N–H and O–H groups in total.